The van der Waals surface area contributed by atoms with Gasteiger partial charge in [-0.25, -0.2) is 4.98 Å². The van der Waals surface area contributed by atoms with Gasteiger partial charge in [-0.15, -0.1) is 0 Å². The lowest BCUT2D eigenvalue weighted by molar-refractivity contribution is 0.0948. The highest BCUT2D eigenvalue weighted by Gasteiger charge is 2.20. The molecule has 0 saturated carbocycles. The van der Waals surface area contributed by atoms with E-state index in [1.807, 2.05) is 49.4 Å². The molecule has 1 amide bonds. The van der Waals surface area contributed by atoms with Gasteiger partial charge < -0.3 is 10.2 Å². The topological polar surface area (TPSA) is 61.4 Å². The smallest absolute Gasteiger partial charge is 0.251 e. The zero-order valence-corrected chi connectivity index (χ0v) is 18.1. The minimum absolute atomic E-state index is 0.00607. The first-order valence-electron chi connectivity index (χ1n) is 10.4. The van der Waals surface area contributed by atoms with Gasteiger partial charge in [0.05, 0.1) is 0 Å². The van der Waals surface area contributed by atoms with Crippen LogP contribution >= 0.6 is 11.5 Å². The molecule has 0 unspecified atom stereocenters. The number of piperazine rings is 1. The number of carbonyl (C=O) groups is 1. The maximum Gasteiger partial charge on any atom is 0.251 e. The van der Waals surface area contributed by atoms with Crippen LogP contribution in [0.4, 0.5) is 5.13 Å². The van der Waals surface area contributed by atoms with Crippen LogP contribution in [0, 0.1) is 6.92 Å². The summed E-state index contributed by atoms with van der Waals surface area (Å²) < 4.78 is 4.54. The minimum Gasteiger partial charge on any atom is -0.351 e. The summed E-state index contributed by atoms with van der Waals surface area (Å²) in [7, 11) is 0. The van der Waals surface area contributed by atoms with Gasteiger partial charge in [0.2, 0.25) is 5.13 Å². The Morgan fingerprint density at radius 2 is 1.77 bits per heavy atom. The predicted molar refractivity (Wildman–Crippen MR) is 121 cm³/mol. The van der Waals surface area contributed by atoms with E-state index < -0.39 is 0 Å². The Morgan fingerprint density at radius 1 is 1.03 bits per heavy atom. The average molecular weight is 422 g/mol. The first-order valence-corrected chi connectivity index (χ1v) is 11.1. The normalized spacial score (nSPS) is 14.6. The highest BCUT2D eigenvalue weighted by atomic mass is 32.1. The standard InChI is InChI=1S/C23H27N5OS/c1-18-7-9-20(10-8-18)22(29)24-11-12-27-13-15-28(16-14-27)23-25-21(26-30-23)17-19-5-3-2-4-6-19/h2-10H,11-17H2,1H3,(H,24,29). The predicted octanol–water partition coefficient (Wildman–Crippen LogP) is 2.99. The lowest BCUT2D eigenvalue weighted by Gasteiger charge is -2.34. The van der Waals surface area contributed by atoms with Crippen LogP contribution < -0.4 is 10.2 Å². The number of aromatic nitrogens is 2. The van der Waals surface area contributed by atoms with Crippen LogP contribution in [0.1, 0.15) is 27.3 Å². The van der Waals surface area contributed by atoms with Crippen molar-refractivity contribution in [3.8, 4) is 0 Å². The lowest BCUT2D eigenvalue weighted by atomic mass is 10.1. The molecule has 0 atom stereocenters. The van der Waals surface area contributed by atoms with Gasteiger partial charge in [-0.2, -0.15) is 4.37 Å². The highest BCUT2D eigenvalue weighted by Crippen LogP contribution is 2.20. The molecule has 2 aromatic carbocycles. The third kappa shape index (κ3) is 5.43. The van der Waals surface area contributed by atoms with Gasteiger partial charge in [-0.05, 0) is 24.6 Å². The fourth-order valence-electron chi connectivity index (χ4n) is 3.52. The van der Waals surface area contributed by atoms with Crippen molar-refractivity contribution in [3.63, 3.8) is 0 Å². The van der Waals surface area contributed by atoms with Crippen molar-refractivity contribution in [2.24, 2.45) is 0 Å². The molecule has 156 valence electrons. The molecule has 3 aromatic rings. The Balaban J connectivity index is 1.20. The average Bonchev–Trinajstić information content (AvgIpc) is 3.24. The van der Waals surface area contributed by atoms with Crippen molar-refractivity contribution in [3.05, 3.63) is 77.1 Å². The second kappa shape index (κ2) is 9.82. The second-order valence-corrected chi connectivity index (χ2v) is 8.34. The quantitative estimate of drug-likeness (QED) is 0.636. The molecule has 0 aliphatic carbocycles. The van der Waals surface area contributed by atoms with E-state index in [9.17, 15) is 4.79 Å². The van der Waals surface area contributed by atoms with Crippen molar-refractivity contribution in [2.45, 2.75) is 13.3 Å². The van der Waals surface area contributed by atoms with Crippen LogP contribution in [0.3, 0.4) is 0 Å². The van der Waals surface area contributed by atoms with Crippen molar-refractivity contribution in [1.82, 2.24) is 19.6 Å². The number of amides is 1. The number of carbonyl (C=O) groups excluding carboxylic acids is 1. The maximum absolute atomic E-state index is 12.2. The molecule has 1 aliphatic heterocycles. The van der Waals surface area contributed by atoms with Gasteiger partial charge in [0.25, 0.3) is 5.91 Å². The minimum atomic E-state index is -0.00607. The van der Waals surface area contributed by atoms with E-state index in [2.05, 4.69) is 31.6 Å². The van der Waals surface area contributed by atoms with Gasteiger partial charge in [-0.3, -0.25) is 9.69 Å². The van der Waals surface area contributed by atoms with E-state index in [0.29, 0.717) is 12.1 Å². The number of nitrogens with zero attached hydrogens (tertiary/aromatic N) is 4. The number of hydrogen-bond donors (Lipinski definition) is 1. The van der Waals surface area contributed by atoms with Crippen molar-refractivity contribution in [1.29, 1.82) is 0 Å². The van der Waals surface area contributed by atoms with E-state index in [1.54, 1.807) is 0 Å². The number of anilines is 1. The first-order chi connectivity index (χ1) is 14.7. The SMILES string of the molecule is Cc1ccc(C(=O)NCCN2CCN(c3nc(Cc4ccccc4)ns3)CC2)cc1. The molecule has 0 spiro atoms. The summed E-state index contributed by atoms with van der Waals surface area (Å²) in [5, 5.41) is 4.03. The summed E-state index contributed by atoms with van der Waals surface area (Å²) in [6.45, 7) is 7.35. The third-order valence-electron chi connectivity index (χ3n) is 5.33. The van der Waals surface area contributed by atoms with Crippen LogP contribution in [0.2, 0.25) is 0 Å². The molecule has 6 nitrogen and oxygen atoms in total. The molecule has 7 heteroatoms. The van der Waals surface area contributed by atoms with Crippen LogP contribution in [0.15, 0.2) is 54.6 Å². The van der Waals surface area contributed by atoms with Gasteiger partial charge in [0.1, 0.15) is 5.82 Å². The first kappa shape index (κ1) is 20.5. The Bertz CT molecular complexity index is 949. The molecule has 1 fully saturated rings. The molecule has 1 saturated heterocycles. The molecule has 2 heterocycles. The molecule has 4 rings (SSSR count). The molecule has 1 N–H and O–H groups in total. The molecule has 0 radical (unpaired) electrons. The molecule has 0 bridgehead atoms. The summed E-state index contributed by atoms with van der Waals surface area (Å²) in [4.78, 5) is 21.7. The molecule has 30 heavy (non-hydrogen) atoms. The highest BCUT2D eigenvalue weighted by molar-refractivity contribution is 7.09. The Labute approximate surface area is 181 Å². The van der Waals surface area contributed by atoms with Crippen molar-refractivity contribution >= 4 is 22.6 Å². The molecular formula is C23H27N5OS. The number of benzene rings is 2. The van der Waals surface area contributed by atoms with Crippen LogP contribution in [0.25, 0.3) is 0 Å². The number of aryl methyl sites for hydroxylation is 1. The van der Waals surface area contributed by atoms with E-state index in [0.717, 1.165) is 55.7 Å². The molecular weight excluding hydrogens is 394 g/mol. The van der Waals surface area contributed by atoms with Crippen molar-refractivity contribution in [2.75, 3.05) is 44.2 Å². The van der Waals surface area contributed by atoms with Gasteiger partial charge in [-0.1, -0.05) is 48.0 Å². The fraction of sp³-hybridized carbons (Fsp3) is 0.348. The zero-order chi connectivity index (χ0) is 20.8. The van der Waals surface area contributed by atoms with Crippen LogP contribution in [0.5, 0.6) is 0 Å². The summed E-state index contributed by atoms with van der Waals surface area (Å²) in [5.74, 6) is 0.885. The van der Waals surface area contributed by atoms with Crippen LogP contribution in [-0.2, 0) is 6.42 Å². The fourth-order valence-corrected chi connectivity index (χ4v) is 4.26. The maximum atomic E-state index is 12.2. The van der Waals surface area contributed by atoms with E-state index in [-0.39, 0.29) is 5.91 Å². The van der Waals surface area contributed by atoms with E-state index in [4.69, 9.17) is 4.98 Å². The largest absolute Gasteiger partial charge is 0.351 e. The zero-order valence-electron chi connectivity index (χ0n) is 17.3. The number of hydrogen-bond acceptors (Lipinski definition) is 6. The van der Waals surface area contributed by atoms with Crippen LogP contribution in [-0.4, -0.2) is 59.4 Å². The third-order valence-corrected chi connectivity index (χ3v) is 6.15. The van der Waals surface area contributed by atoms with E-state index >= 15 is 0 Å². The van der Waals surface area contributed by atoms with Crippen molar-refractivity contribution < 1.29 is 4.79 Å². The van der Waals surface area contributed by atoms with Gasteiger partial charge >= 0.3 is 0 Å². The Kier molecular flexibility index (Phi) is 6.71. The number of rotatable bonds is 7. The lowest BCUT2D eigenvalue weighted by Crippen LogP contribution is -2.48. The summed E-state index contributed by atoms with van der Waals surface area (Å²) in [6.07, 6.45) is 0.776. The molecule has 1 aliphatic rings. The summed E-state index contributed by atoms with van der Waals surface area (Å²) in [6, 6.07) is 18.0. The summed E-state index contributed by atoms with van der Waals surface area (Å²) >= 11 is 1.49. The second-order valence-electron chi connectivity index (χ2n) is 7.61. The molecule has 1 aromatic heterocycles. The summed E-state index contributed by atoms with van der Waals surface area (Å²) in [5.41, 5.74) is 3.11. The van der Waals surface area contributed by atoms with E-state index in [1.165, 1.54) is 17.1 Å². The van der Waals surface area contributed by atoms with Gasteiger partial charge in [0.15, 0.2) is 0 Å². The monoisotopic (exact) mass is 421 g/mol. The Hall–Kier alpha value is -2.77. The van der Waals surface area contributed by atoms with Gasteiger partial charge in [0, 0.05) is 62.8 Å². The Morgan fingerprint density at radius 3 is 2.50 bits per heavy atom. The number of nitrogens with one attached hydrogen (secondary N) is 1.